The average molecular weight is 158 g/mol. The molecule has 0 spiro atoms. The minimum Gasteiger partial charge on any atom is -0.330 e. The summed E-state index contributed by atoms with van der Waals surface area (Å²) in [5.41, 5.74) is -0.453. The molecule has 0 bridgehead atoms. The van der Waals surface area contributed by atoms with E-state index in [0.29, 0.717) is 6.54 Å². The Hall–Kier alpha value is -0.700. The number of carbonyl (C=O) groups is 2. The van der Waals surface area contributed by atoms with Crippen LogP contribution in [-0.4, -0.2) is 23.7 Å². The van der Waals surface area contributed by atoms with E-state index in [-0.39, 0.29) is 11.6 Å². The molecule has 0 saturated heterocycles. The van der Waals surface area contributed by atoms with Crippen molar-refractivity contribution >= 4 is 11.6 Å². The van der Waals surface area contributed by atoms with Gasteiger partial charge in [0.25, 0.3) is 0 Å². The summed E-state index contributed by atoms with van der Waals surface area (Å²) in [5.74, 6) is 0.193. The van der Waals surface area contributed by atoms with Gasteiger partial charge >= 0.3 is 0 Å². The molecule has 0 aromatic rings. The fourth-order valence-electron chi connectivity index (χ4n) is 0.543. The van der Waals surface area contributed by atoms with E-state index in [1.165, 1.54) is 13.8 Å². The molecule has 0 atom stereocenters. The first-order chi connectivity index (χ1) is 4.86. The molecule has 64 valence electrons. The molecule has 0 aromatic carbocycles. The second-order valence-corrected chi connectivity index (χ2v) is 3.39. The fourth-order valence-corrected chi connectivity index (χ4v) is 0.543. The number of rotatable bonds is 4. The van der Waals surface area contributed by atoms with Crippen LogP contribution in [0.1, 0.15) is 27.7 Å². The summed E-state index contributed by atoms with van der Waals surface area (Å²) < 4.78 is 0. The van der Waals surface area contributed by atoms with Gasteiger partial charge in [0.2, 0.25) is 0 Å². The minimum absolute atomic E-state index is 0.0961. The summed E-state index contributed by atoms with van der Waals surface area (Å²) in [6, 6.07) is 0. The Balaban J connectivity index is 3.92. The van der Waals surface area contributed by atoms with Crippen LogP contribution < -0.4 is 5.32 Å². The first-order valence-corrected chi connectivity index (χ1v) is 3.71. The summed E-state index contributed by atoms with van der Waals surface area (Å²) in [7, 11) is 0. The summed E-state index contributed by atoms with van der Waals surface area (Å²) in [4.78, 5) is 21.5. The molecule has 0 rings (SSSR count). The van der Waals surface area contributed by atoms with E-state index >= 15 is 0 Å². The lowest BCUT2D eigenvalue weighted by molar-refractivity contribution is -0.695. The first kappa shape index (κ1) is 10.3. The zero-order valence-electron chi connectivity index (χ0n) is 7.60. The van der Waals surface area contributed by atoms with Gasteiger partial charge in [-0.2, -0.15) is 0 Å². The molecule has 0 aromatic heterocycles. The summed E-state index contributed by atoms with van der Waals surface area (Å²) >= 11 is 0. The van der Waals surface area contributed by atoms with Crippen molar-refractivity contribution in [2.75, 3.05) is 6.54 Å². The van der Waals surface area contributed by atoms with E-state index in [1.54, 1.807) is 5.32 Å². The molecule has 0 saturated carbocycles. The molecule has 0 amide bonds. The number of Topliss-reactive ketones (excluding diaryl/α,β-unsaturated/α-hetero) is 2. The van der Waals surface area contributed by atoms with Crippen LogP contribution in [0.4, 0.5) is 0 Å². The molecule has 3 nitrogen and oxygen atoms in total. The number of carbonyl (C=O) groups excluding carboxylic acids is 2. The average Bonchev–Trinajstić information content (AvgIpc) is 1.84. The summed E-state index contributed by atoms with van der Waals surface area (Å²) in [6.07, 6.45) is 0. The third-order valence-corrected chi connectivity index (χ3v) is 1.81. The molecular formula is C8H16NO2+. The largest absolute Gasteiger partial charge is 0.330 e. The van der Waals surface area contributed by atoms with Crippen molar-refractivity contribution in [3.05, 3.63) is 0 Å². The van der Waals surface area contributed by atoms with E-state index in [2.05, 4.69) is 0 Å². The Morgan fingerprint density at radius 1 is 1.27 bits per heavy atom. The summed E-state index contributed by atoms with van der Waals surface area (Å²) in [5, 5.41) is 1.76. The third kappa shape index (κ3) is 3.88. The Labute approximate surface area is 67.2 Å². The molecule has 0 aliphatic carbocycles. The van der Waals surface area contributed by atoms with Crippen molar-refractivity contribution in [2.45, 2.75) is 33.2 Å². The Bertz CT molecular complexity index is 173. The first-order valence-electron chi connectivity index (χ1n) is 3.71. The molecule has 0 fully saturated rings. The predicted molar refractivity (Wildman–Crippen MR) is 42.2 cm³/mol. The van der Waals surface area contributed by atoms with E-state index < -0.39 is 5.54 Å². The van der Waals surface area contributed by atoms with Gasteiger partial charge < -0.3 is 5.32 Å². The van der Waals surface area contributed by atoms with Crippen molar-refractivity contribution in [3.63, 3.8) is 0 Å². The van der Waals surface area contributed by atoms with Gasteiger partial charge in [-0.1, -0.05) is 0 Å². The van der Waals surface area contributed by atoms with Gasteiger partial charge in [0, 0.05) is 13.8 Å². The Morgan fingerprint density at radius 2 is 1.73 bits per heavy atom. The van der Waals surface area contributed by atoms with Crippen molar-refractivity contribution < 1.29 is 14.9 Å². The molecule has 11 heavy (non-hydrogen) atoms. The van der Waals surface area contributed by atoms with Crippen molar-refractivity contribution in [1.82, 2.24) is 0 Å². The van der Waals surface area contributed by atoms with Gasteiger partial charge in [0.05, 0.1) is 0 Å². The van der Waals surface area contributed by atoms with E-state index in [0.717, 1.165) is 0 Å². The van der Waals surface area contributed by atoms with Crippen LogP contribution >= 0.6 is 0 Å². The highest BCUT2D eigenvalue weighted by molar-refractivity contribution is 5.83. The van der Waals surface area contributed by atoms with Gasteiger partial charge in [-0.3, -0.25) is 9.59 Å². The zero-order chi connectivity index (χ0) is 9.07. The molecular weight excluding hydrogens is 142 g/mol. The number of nitrogens with two attached hydrogens (primary N) is 1. The van der Waals surface area contributed by atoms with Crippen molar-refractivity contribution in [1.29, 1.82) is 0 Å². The highest BCUT2D eigenvalue weighted by atomic mass is 16.1. The second kappa shape index (κ2) is 3.62. The molecule has 0 aliphatic rings. The van der Waals surface area contributed by atoms with Gasteiger partial charge in [-0.25, -0.2) is 0 Å². The third-order valence-electron chi connectivity index (χ3n) is 1.81. The molecule has 0 unspecified atom stereocenters. The predicted octanol–water partition coefficient (Wildman–Crippen LogP) is -0.494. The fraction of sp³-hybridized carbons (Fsp3) is 0.750. The highest BCUT2D eigenvalue weighted by Crippen LogP contribution is 1.94. The maximum Gasteiger partial charge on any atom is 0.189 e. The smallest absolute Gasteiger partial charge is 0.189 e. The van der Waals surface area contributed by atoms with Crippen molar-refractivity contribution in [3.8, 4) is 0 Å². The van der Waals surface area contributed by atoms with Crippen LogP contribution in [0.5, 0.6) is 0 Å². The topological polar surface area (TPSA) is 50.8 Å². The monoisotopic (exact) mass is 158 g/mol. The van der Waals surface area contributed by atoms with Crippen LogP contribution in [0.15, 0.2) is 0 Å². The Morgan fingerprint density at radius 3 is 2.00 bits per heavy atom. The number of ketones is 2. The van der Waals surface area contributed by atoms with Crippen LogP contribution in [0.25, 0.3) is 0 Å². The number of hydrogen-bond acceptors (Lipinski definition) is 2. The summed E-state index contributed by atoms with van der Waals surface area (Å²) in [6.45, 7) is 7.08. The van der Waals surface area contributed by atoms with Gasteiger partial charge in [0.1, 0.15) is 12.1 Å². The number of hydrogen-bond donors (Lipinski definition) is 1. The van der Waals surface area contributed by atoms with Gasteiger partial charge in [0.15, 0.2) is 11.6 Å². The minimum atomic E-state index is -0.453. The van der Waals surface area contributed by atoms with Crippen molar-refractivity contribution in [2.24, 2.45) is 0 Å². The van der Waals surface area contributed by atoms with E-state index in [9.17, 15) is 9.59 Å². The second-order valence-electron chi connectivity index (χ2n) is 3.39. The lowest BCUT2D eigenvalue weighted by Gasteiger charge is -2.17. The van der Waals surface area contributed by atoms with Crippen LogP contribution in [0.2, 0.25) is 0 Å². The Kier molecular flexibility index (Phi) is 3.39. The van der Waals surface area contributed by atoms with Gasteiger partial charge in [-0.15, -0.1) is 0 Å². The molecule has 0 aliphatic heterocycles. The quantitative estimate of drug-likeness (QED) is 0.600. The van der Waals surface area contributed by atoms with Crippen LogP contribution in [0.3, 0.4) is 0 Å². The van der Waals surface area contributed by atoms with Gasteiger partial charge in [-0.05, 0) is 13.8 Å². The van der Waals surface area contributed by atoms with E-state index in [1.807, 2.05) is 13.8 Å². The lowest BCUT2D eigenvalue weighted by Crippen LogP contribution is -2.98. The molecule has 0 radical (unpaired) electrons. The van der Waals surface area contributed by atoms with Crippen LogP contribution in [0, 0.1) is 0 Å². The zero-order valence-corrected chi connectivity index (χ0v) is 7.60. The SMILES string of the molecule is CC(=O)C[NH2+]C(C)(C)C(C)=O. The lowest BCUT2D eigenvalue weighted by atomic mass is 10.0. The van der Waals surface area contributed by atoms with Crippen LogP contribution in [-0.2, 0) is 9.59 Å². The maximum atomic E-state index is 10.9. The number of quaternary nitrogens is 1. The highest BCUT2D eigenvalue weighted by Gasteiger charge is 2.26. The standard InChI is InChI=1S/C8H15NO2/c1-6(10)5-9-8(3,4)7(2)11/h9H,5H2,1-4H3/p+1. The molecule has 2 N–H and O–H groups in total. The van der Waals surface area contributed by atoms with E-state index in [4.69, 9.17) is 0 Å². The molecule has 3 heteroatoms. The molecule has 0 heterocycles. The maximum absolute atomic E-state index is 10.9. The normalized spacial score (nSPS) is 11.3.